The lowest BCUT2D eigenvalue weighted by Crippen LogP contribution is -2.24. The van der Waals surface area contributed by atoms with Crippen molar-refractivity contribution in [2.45, 2.75) is 20.0 Å². The first-order chi connectivity index (χ1) is 14.9. The third-order valence-electron chi connectivity index (χ3n) is 4.69. The molecule has 0 amide bonds. The molecule has 7 heteroatoms. The number of ether oxygens (including phenoxy) is 3. The van der Waals surface area contributed by atoms with Crippen molar-refractivity contribution in [1.82, 2.24) is 4.98 Å². The second kappa shape index (κ2) is 9.63. The maximum atomic E-state index is 12.9. The number of nitriles is 1. The number of hydrogen-bond donors (Lipinski definition) is 1. The van der Waals surface area contributed by atoms with Gasteiger partial charge in [0, 0.05) is 28.2 Å². The molecule has 0 aliphatic rings. The molecule has 3 aromatic rings. The lowest BCUT2D eigenvalue weighted by atomic mass is 10.0. The van der Waals surface area contributed by atoms with Gasteiger partial charge in [0.25, 0.3) is 0 Å². The molecule has 2 aromatic carbocycles. The van der Waals surface area contributed by atoms with Crippen molar-refractivity contribution in [2.24, 2.45) is 0 Å². The minimum atomic E-state index is -0.939. The Hall–Kier alpha value is -4.05. The molecule has 1 atom stereocenters. The van der Waals surface area contributed by atoms with Crippen molar-refractivity contribution in [2.75, 3.05) is 13.7 Å². The van der Waals surface area contributed by atoms with E-state index in [1.165, 1.54) is 13.2 Å². The Morgan fingerprint density at radius 3 is 2.71 bits per heavy atom. The fourth-order valence-corrected chi connectivity index (χ4v) is 3.25. The number of aryl methyl sites for hydroxylation is 1. The molecule has 0 bridgehead atoms. The summed E-state index contributed by atoms with van der Waals surface area (Å²) < 4.78 is 15.8. The second-order valence-electron chi connectivity index (χ2n) is 6.80. The van der Waals surface area contributed by atoms with E-state index in [4.69, 9.17) is 19.5 Å². The average Bonchev–Trinajstić information content (AvgIpc) is 3.11. The third-order valence-corrected chi connectivity index (χ3v) is 4.69. The first-order valence-corrected chi connectivity index (χ1v) is 9.62. The van der Waals surface area contributed by atoms with Crippen molar-refractivity contribution in [3.05, 3.63) is 65.4 Å². The Morgan fingerprint density at radius 2 is 1.97 bits per heavy atom. The minimum absolute atomic E-state index is 0.0975. The molecular weight excluding hydrogens is 396 g/mol. The summed E-state index contributed by atoms with van der Waals surface area (Å²) in [5, 5.41) is 9.43. The molecule has 1 heterocycles. The predicted octanol–water partition coefficient (Wildman–Crippen LogP) is 4.22. The fraction of sp³-hybridized carbons (Fsp3) is 0.208. The summed E-state index contributed by atoms with van der Waals surface area (Å²) in [5.41, 5.74) is 2.79. The number of nitrogens with one attached hydrogen (secondary N) is 1. The van der Waals surface area contributed by atoms with Gasteiger partial charge >= 0.3 is 5.97 Å². The summed E-state index contributed by atoms with van der Waals surface area (Å²) in [6.07, 6.45) is 1.86. The number of benzene rings is 2. The van der Waals surface area contributed by atoms with E-state index in [2.05, 4.69) is 4.98 Å². The molecule has 0 saturated carbocycles. The maximum absolute atomic E-state index is 12.9. The molecule has 0 radical (unpaired) electrons. The number of para-hydroxylation sites is 1. The zero-order chi connectivity index (χ0) is 22.4. The SMILES string of the molecule is COc1cc(/C=C/C(=O)O[C@@H](C)C(=O)c2c(C)[nH]c3ccccc23)ccc1OCC#N. The number of H-pyrrole nitrogens is 1. The number of hydrogen-bond acceptors (Lipinski definition) is 6. The smallest absolute Gasteiger partial charge is 0.331 e. The molecule has 0 aliphatic carbocycles. The van der Waals surface area contributed by atoms with Crippen LogP contribution in [0.25, 0.3) is 17.0 Å². The zero-order valence-electron chi connectivity index (χ0n) is 17.5. The molecule has 0 spiro atoms. The molecule has 7 nitrogen and oxygen atoms in total. The Bertz CT molecular complexity index is 1190. The van der Waals surface area contributed by atoms with E-state index in [0.717, 1.165) is 16.6 Å². The molecule has 1 N–H and O–H groups in total. The Kier molecular flexibility index (Phi) is 6.73. The summed E-state index contributed by atoms with van der Waals surface area (Å²) in [6, 6.07) is 14.4. The zero-order valence-corrected chi connectivity index (χ0v) is 17.5. The van der Waals surface area contributed by atoms with E-state index in [0.29, 0.717) is 22.6 Å². The van der Waals surface area contributed by atoms with Crippen LogP contribution in [-0.4, -0.2) is 36.6 Å². The molecule has 158 valence electrons. The number of Topliss-reactive ketones (excluding diaryl/α,β-unsaturated/α-hetero) is 1. The van der Waals surface area contributed by atoms with Crippen molar-refractivity contribution in [3.8, 4) is 17.6 Å². The lowest BCUT2D eigenvalue weighted by Gasteiger charge is -2.11. The van der Waals surface area contributed by atoms with Gasteiger partial charge in [-0.25, -0.2) is 4.79 Å². The van der Waals surface area contributed by atoms with Gasteiger partial charge in [-0.15, -0.1) is 0 Å². The van der Waals surface area contributed by atoms with Crippen molar-refractivity contribution in [1.29, 1.82) is 5.26 Å². The van der Waals surface area contributed by atoms with Gasteiger partial charge in [-0.3, -0.25) is 4.79 Å². The highest BCUT2D eigenvalue weighted by Crippen LogP contribution is 2.28. The molecule has 0 saturated heterocycles. The number of carbonyl (C=O) groups is 2. The van der Waals surface area contributed by atoms with Gasteiger partial charge in [-0.05, 0) is 43.7 Å². The highest BCUT2D eigenvalue weighted by atomic mass is 16.5. The number of fused-ring (bicyclic) bond motifs is 1. The molecule has 1 aromatic heterocycles. The monoisotopic (exact) mass is 418 g/mol. The number of nitrogens with zero attached hydrogens (tertiary/aromatic N) is 1. The van der Waals surface area contributed by atoms with Crippen LogP contribution in [-0.2, 0) is 9.53 Å². The standard InChI is InChI=1S/C24H22N2O5/c1-15-23(18-6-4-5-7-19(18)26-15)24(28)16(2)31-22(27)11-9-17-8-10-20(30-13-12-25)21(14-17)29-3/h4-11,14,16,26H,13H2,1-3H3/b11-9+/t16-/m0/s1. The van der Waals surface area contributed by atoms with Gasteiger partial charge in [0.05, 0.1) is 7.11 Å². The highest BCUT2D eigenvalue weighted by Gasteiger charge is 2.23. The van der Waals surface area contributed by atoms with Crippen molar-refractivity contribution in [3.63, 3.8) is 0 Å². The van der Waals surface area contributed by atoms with E-state index in [-0.39, 0.29) is 12.4 Å². The number of aromatic nitrogens is 1. The molecular formula is C24H22N2O5. The van der Waals surface area contributed by atoms with Crippen LogP contribution in [0.2, 0.25) is 0 Å². The molecule has 3 rings (SSSR count). The van der Waals surface area contributed by atoms with Crippen LogP contribution in [0.5, 0.6) is 11.5 Å². The number of carbonyl (C=O) groups excluding carboxylic acids is 2. The third kappa shape index (κ3) is 4.93. The number of aromatic amines is 1. The topological polar surface area (TPSA) is 101 Å². The number of esters is 1. The van der Waals surface area contributed by atoms with Crippen LogP contribution in [0.4, 0.5) is 0 Å². The highest BCUT2D eigenvalue weighted by molar-refractivity contribution is 6.11. The van der Waals surface area contributed by atoms with Gasteiger partial charge < -0.3 is 19.2 Å². The summed E-state index contributed by atoms with van der Waals surface area (Å²) in [5.74, 6) is -0.0410. The van der Waals surface area contributed by atoms with Gasteiger partial charge in [-0.2, -0.15) is 5.26 Å². The molecule has 0 aliphatic heterocycles. The van der Waals surface area contributed by atoms with Crippen LogP contribution in [0.3, 0.4) is 0 Å². The van der Waals surface area contributed by atoms with Crippen LogP contribution in [0.15, 0.2) is 48.5 Å². The van der Waals surface area contributed by atoms with E-state index < -0.39 is 12.1 Å². The predicted molar refractivity (Wildman–Crippen MR) is 116 cm³/mol. The quantitative estimate of drug-likeness (QED) is 0.334. The number of ketones is 1. The van der Waals surface area contributed by atoms with E-state index >= 15 is 0 Å². The Morgan fingerprint density at radius 1 is 1.19 bits per heavy atom. The number of rotatable bonds is 8. The molecule has 31 heavy (non-hydrogen) atoms. The Labute approximate surface area is 179 Å². The number of methoxy groups -OCH3 is 1. The summed E-state index contributed by atoms with van der Waals surface area (Å²) in [6.45, 7) is 3.28. The summed E-state index contributed by atoms with van der Waals surface area (Å²) in [7, 11) is 1.48. The van der Waals surface area contributed by atoms with Gasteiger partial charge in [0.15, 0.2) is 24.2 Å². The average molecular weight is 418 g/mol. The normalized spacial score (nSPS) is 11.8. The van der Waals surface area contributed by atoms with E-state index in [9.17, 15) is 9.59 Å². The first-order valence-electron chi connectivity index (χ1n) is 9.62. The van der Waals surface area contributed by atoms with Crippen molar-refractivity contribution >= 4 is 28.7 Å². The van der Waals surface area contributed by atoms with Crippen LogP contribution in [0, 0.1) is 18.3 Å². The van der Waals surface area contributed by atoms with Crippen LogP contribution >= 0.6 is 0 Å². The molecule has 0 fully saturated rings. The van der Waals surface area contributed by atoms with Gasteiger partial charge in [-0.1, -0.05) is 24.3 Å². The maximum Gasteiger partial charge on any atom is 0.331 e. The minimum Gasteiger partial charge on any atom is -0.493 e. The van der Waals surface area contributed by atoms with E-state index in [1.54, 1.807) is 31.2 Å². The summed E-state index contributed by atoms with van der Waals surface area (Å²) in [4.78, 5) is 28.3. The first kappa shape index (κ1) is 21.7. The summed E-state index contributed by atoms with van der Waals surface area (Å²) >= 11 is 0. The van der Waals surface area contributed by atoms with Gasteiger partial charge in [0.2, 0.25) is 5.78 Å². The van der Waals surface area contributed by atoms with Crippen LogP contribution < -0.4 is 9.47 Å². The fourth-order valence-electron chi connectivity index (χ4n) is 3.25. The van der Waals surface area contributed by atoms with Crippen LogP contribution in [0.1, 0.15) is 28.5 Å². The lowest BCUT2D eigenvalue weighted by molar-refractivity contribution is -0.140. The van der Waals surface area contributed by atoms with Gasteiger partial charge in [0.1, 0.15) is 6.07 Å². The van der Waals surface area contributed by atoms with Crippen molar-refractivity contribution < 1.29 is 23.8 Å². The Balaban J connectivity index is 1.68. The largest absolute Gasteiger partial charge is 0.493 e. The van der Waals surface area contributed by atoms with E-state index in [1.807, 2.05) is 37.3 Å². The second-order valence-corrected chi connectivity index (χ2v) is 6.80. The molecule has 0 unspecified atom stereocenters.